The highest BCUT2D eigenvalue weighted by atomic mass is 15.3. The fraction of sp³-hybridized carbons (Fsp3) is 0.538. The predicted octanol–water partition coefficient (Wildman–Crippen LogP) is 2.50. The minimum absolute atomic E-state index is 0.502. The molecule has 1 fully saturated rings. The second-order valence-corrected chi connectivity index (χ2v) is 5.67. The van der Waals surface area contributed by atoms with Crippen molar-refractivity contribution in [2.45, 2.75) is 27.2 Å². The van der Waals surface area contributed by atoms with Gasteiger partial charge in [-0.25, -0.2) is 4.52 Å². The number of hydrogen-bond acceptors (Lipinski definition) is 3. The van der Waals surface area contributed by atoms with E-state index in [1.165, 1.54) is 6.42 Å². The highest BCUT2D eigenvalue weighted by Gasteiger charge is 2.45. The van der Waals surface area contributed by atoms with Crippen molar-refractivity contribution in [2.75, 3.05) is 11.9 Å². The van der Waals surface area contributed by atoms with Crippen LogP contribution in [-0.4, -0.2) is 21.1 Å². The number of nitrogens with one attached hydrogen (secondary N) is 1. The van der Waals surface area contributed by atoms with E-state index in [1.807, 2.05) is 16.8 Å². The molecule has 0 radical (unpaired) electrons. The first-order valence-corrected chi connectivity index (χ1v) is 6.12. The van der Waals surface area contributed by atoms with Crippen LogP contribution in [0.25, 0.3) is 5.65 Å². The molecule has 0 saturated heterocycles. The summed E-state index contributed by atoms with van der Waals surface area (Å²) in [7, 11) is 0. The Kier molecular flexibility index (Phi) is 2.15. The molecule has 1 N–H and O–H groups in total. The van der Waals surface area contributed by atoms with Crippen LogP contribution in [0.5, 0.6) is 0 Å². The average Bonchev–Trinajstić information content (AvgIpc) is 2.73. The van der Waals surface area contributed by atoms with Gasteiger partial charge in [-0.15, -0.1) is 5.10 Å². The van der Waals surface area contributed by atoms with E-state index in [9.17, 15) is 0 Å². The van der Waals surface area contributed by atoms with Crippen molar-refractivity contribution < 1.29 is 0 Å². The molecule has 1 atom stereocenters. The Morgan fingerprint density at radius 3 is 2.94 bits per heavy atom. The molecule has 1 saturated carbocycles. The molecular formula is C13H18N4. The van der Waals surface area contributed by atoms with Crippen LogP contribution in [0.1, 0.15) is 25.8 Å². The second-order valence-electron chi connectivity index (χ2n) is 5.67. The van der Waals surface area contributed by atoms with Gasteiger partial charge in [0, 0.05) is 12.7 Å². The van der Waals surface area contributed by atoms with Gasteiger partial charge in [0.2, 0.25) is 5.95 Å². The highest BCUT2D eigenvalue weighted by molar-refractivity contribution is 5.49. The topological polar surface area (TPSA) is 42.2 Å². The number of aryl methyl sites for hydroxylation is 1. The van der Waals surface area contributed by atoms with Crippen molar-refractivity contribution in [3.63, 3.8) is 0 Å². The van der Waals surface area contributed by atoms with Crippen molar-refractivity contribution in [3.05, 3.63) is 23.9 Å². The molecule has 0 aromatic carbocycles. The zero-order valence-electron chi connectivity index (χ0n) is 10.6. The van der Waals surface area contributed by atoms with E-state index in [-0.39, 0.29) is 0 Å². The molecule has 0 spiro atoms. The molecule has 2 aromatic heterocycles. The maximum absolute atomic E-state index is 4.50. The molecule has 17 heavy (non-hydrogen) atoms. The third-order valence-corrected chi connectivity index (χ3v) is 3.78. The maximum atomic E-state index is 4.50. The monoisotopic (exact) mass is 230 g/mol. The van der Waals surface area contributed by atoms with Gasteiger partial charge in [-0.3, -0.25) is 0 Å². The Hall–Kier alpha value is -1.58. The van der Waals surface area contributed by atoms with E-state index in [0.29, 0.717) is 5.41 Å². The summed E-state index contributed by atoms with van der Waals surface area (Å²) in [5.41, 5.74) is 2.59. The van der Waals surface area contributed by atoms with Gasteiger partial charge in [-0.1, -0.05) is 19.9 Å². The van der Waals surface area contributed by atoms with E-state index in [4.69, 9.17) is 0 Å². The lowest BCUT2D eigenvalue weighted by Crippen LogP contribution is -2.08. The molecule has 1 unspecified atom stereocenters. The van der Waals surface area contributed by atoms with Crippen LogP contribution in [0.15, 0.2) is 18.3 Å². The van der Waals surface area contributed by atoms with Crippen molar-refractivity contribution in [2.24, 2.45) is 11.3 Å². The fourth-order valence-electron chi connectivity index (χ4n) is 2.25. The van der Waals surface area contributed by atoms with E-state index in [1.54, 1.807) is 0 Å². The van der Waals surface area contributed by atoms with Gasteiger partial charge in [-0.05, 0) is 36.3 Å². The van der Waals surface area contributed by atoms with E-state index < -0.39 is 0 Å². The molecule has 90 valence electrons. The summed E-state index contributed by atoms with van der Waals surface area (Å²) in [5.74, 6) is 1.50. The Labute approximate surface area is 101 Å². The summed E-state index contributed by atoms with van der Waals surface area (Å²) in [4.78, 5) is 4.50. The first-order chi connectivity index (χ1) is 8.06. The third kappa shape index (κ3) is 1.88. The summed E-state index contributed by atoms with van der Waals surface area (Å²) < 4.78 is 1.83. The van der Waals surface area contributed by atoms with Gasteiger partial charge >= 0.3 is 0 Å². The molecule has 0 aliphatic heterocycles. The van der Waals surface area contributed by atoms with Crippen LogP contribution in [0.3, 0.4) is 0 Å². The largest absolute Gasteiger partial charge is 0.353 e. The van der Waals surface area contributed by atoms with Crippen LogP contribution in [0, 0.1) is 18.3 Å². The van der Waals surface area contributed by atoms with Gasteiger partial charge in [-0.2, -0.15) is 4.98 Å². The Morgan fingerprint density at radius 2 is 2.29 bits per heavy atom. The molecule has 2 aromatic rings. The van der Waals surface area contributed by atoms with Crippen LogP contribution in [0.2, 0.25) is 0 Å². The first-order valence-electron chi connectivity index (χ1n) is 6.12. The molecule has 0 bridgehead atoms. The third-order valence-electron chi connectivity index (χ3n) is 3.78. The maximum Gasteiger partial charge on any atom is 0.243 e. The molecule has 1 aliphatic carbocycles. The number of aromatic nitrogens is 3. The number of hydrogen-bond donors (Lipinski definition) is 1. The number of anilines is 1. The second kappa shape index (κ2) is 3.45. The number of fused-ring (bicyclic) bond motifs is 1. The standard InChI is InChI=1S/C13H18N4/c1-9-5-4-6-17-11(9)15-12(16-17)14-8-10-7-13(10,2)3/h4-6,10H,7-8H2,1-3H3,(H,14,16). The Morgan fingerprint density at radius 1 is 1.53 bits per heavy atom. The van der Waals surface area contributed by atoms with E-state index in [0.717, 1.165) is 29.6 Å². The predicted molar refractivity (Wildman–Crippen MR) is 68.1 cm³/mol. The lowest BCUT2D eigenvalue weighted by Gasteiger charge is -2.02. The zero-order chi connectivity index (χ0) is 12.0. The van der Waals surface area contributed by atoms with Gasteiger partial charge in [0.1, 0.15) is 0 Å². The van der Waals surface area contributed by atoms with Crippen molar-refractivity contribution >= 4 is 11.6 Å². The molecule has 1 aliphatic rings. The van der Waals surface area contributed by atoms with Gasteiger partial charge in [0.05, 0.1) is 0 Å². The van der Waals surface area contributed by atoms with Crippen LogP contribution in [0.4, 0.5) is 5.95 Å². The van der Waals surface area contributed by atoms with Gasteiger partial charge < -0.3 is 5.32 Å². The minimum atomic E-state index is 0.502. The quantitative estimate of drug-likeness (QED) is 0.881. The van der Waals surface area contributed by atoms with Crippen molar-refractivity contribution in [3.8, 4) is 0 Å². The Balaban J connectivity index is 1.76. The van der Waals surface area contributed by atoms with Crippen LogP contribution < -0.4 is 5.32 Å². The fourth-order valence-corrected chi connectivity index (χ4v) is 2.25. The van der Waals surface area contributed by atoms with E-state index in [2.05, 4.69) is 42.2 Å². The van der Waals surface area contributed by atoms with Gasteiger partial charge in [0.15, 0.2) is 5.65 Å². The van der Waals surface area contributed by atoms with Crippen LogP contribution >= 0.6 is 0 Å². The zero-order valence-corrected chi connectivity index (χ0v) is 10.6. The smallest absolute Gasteiger partial charge is 0.243 e. The summed E-state index contributed by atoms with van der Waals surface area (Å²) in [6.45, 7) is 7.64. The number of rotatable bonds is 3. The molecule has 3 rings (SSSR count). The number of nitrogens with zero attached hydrogens (tertiary/aromatic N) is 3. The normalized spacial score (nSPS) is 21.7. The molecule has 4 heteroatoms. The summed E-state index contributed by atoms with van der Waals surface area (Å²) in [6.07, 6.45) is 3.23. The highest BCUT2D eigenvalue weighted by Crippen LogP contribution is 2.51. The number of pyridine rings is 1. The Bertz CT molecular complexity index is 556. The van der Waals surface area contributed by atoms with Crippen LogP contribution in [-0.2, 0) is 0 Å². The lowest BCUT2D eigenvalue weighted by atomic mass is 10.1. The summed E-state index contributed by atoms with van der Waals surface area (Å²) in [5, 5.41) is 7.75. The van der Waals surface area contributed by atoms with Gasteiger partial charge in [0.25, 0.3) is 0 Å². The SMILES string of the molecule is Cc1cccn2nc(NCC3CC3(C)C)nc12. The molecule has 2 heterocycles. The summed E-state index contributed by atoms with van der Waals surface area (Å²) in [6, 6.07) is 4.04. The van der Waals surface area contributed by atoms with Crippen molar-refractivity contribution in [1.82, 2.24) is 14.6 Å². The van der Waals surface area contributed by atoms with Crippen molar-refractivity contribution in [1.29, 1.82) is 0 Å². The molecule has 0 amide bonds. The van der Waals surface area contributed by atoms with E-state index >= 15 is 0 Å². The molecular weight excluding hydrogens is 212 g/mol. The molecule has 4 nitrogen and oxygen atoms in total. The average molecular weight is 230 g/mol. The summed E-state index contributed by atoms with van der Waals surface area (Å²) >= 11 is 0. The lowest BCUT2D eigenvalue weighted by molar-refractivity contribution is 0.572. The first kappa shape index (κ1) is 10.6. The minimum Gasteiger partial charge on any atom is -0.353 e.